The predicted octanol–water partition coefficient (Wildman–Crippen LogP) is 3.04. The molecule has 2 N–H and O–H groups in total. The summed E-state index contributed by atoms with van der Waals surface area (Å²) >= 11 is 0. The van der Waals surface area contributed by atoms with Crippen LogP contribution in [0.5, 0.6) is 0 Å². The quantitative estimate of drug-likeness (QED) is 0.254. The van der Waals surface area contributed by atoms with Crippen LogP contribution in [0, 0.1) is 11.5 Å². The molecule has 0 spiro atoms. The Morgan fingerprint density at radius 3 is 1.56 bits per heavy atom. The summed E-state index contributed by atoms with van der Waals surface area (Å²) in [6, 6.07) is 1.78. The summed E-state index contributed by atoms with van der Waals surface area (Å²) < 4.78 is 0. The van der Waals surface area contributed by atoms with Gasteiger partial charge in [0.05, 0.1) is 0 Å². The second-order valence-corrected chi connectivity index (χ2v) is 7.82. The Kier molecular flexibility index (Phi) is 14.9. The Balaban J connectivity index is 3.98. The van der Waals surface area contributed by atoms with E-state index in [2.05, 4.69) is 62.0 Å². The topological polar surface area (TPSA) is 54.3 Å². The molecular weight excluding hydrogens is 310 g/mol. The number of hydrogen-bond acceptors (Lipinski definition) is 5. The van der Waals surface area contributed by atoms with E-state index in [0.29, 0.717) is 18.1 Å². The Morgan fingerprint density at radius 2 is 1.16 bits per heavy atom. The van der Waals surface area contributed by atoms with Crippen LogP contribution in [0.2, 0.25) is 0 Å². The maximum atomic E-state index is 8.53. The molecule has 0 radical (unpaired) electrons. The summed E-state index contributed by atoms with van der Waals surface area (Å²) in [5.41, 5.74) is 0. The van der Waals surface area contributed by atoms with Crippen molar-refractivity contribution in [2.75, 3.05) is 39.3 Å². The zero-order valence-corrected chi connectivity index (χ0v) is 17.6. The maximum Gasteiger partial charge on any atom is 0.176 e. The van der Waals surface area contributed by atoms with Gasteiger partial charge in [-0.05, 0) is 79.6 Å². The van der Waals surface area contributed by atoms with Crippen LogP contribution >= 0.6 is 0 Å². The maximum absolute atomic E-state index is 8.53. The zero-order valence-electron chi connectivity index (χ0n) is 17.6. The van der Waals surface area contributed by atoms with E-state index < -0.39 is 0 Å². The zero-order chi connectivity index (χ0) is 19.1. The minimum Gasteiger partial charge on any atom is -0.324 e. The summed E-state index contributed by atoms with van der Waals surface area (Å²) in [7, 11) is 0. The average molecular weight is 354 g/mol. The minimum absolute atomic E-state index is 0.574. The highest BCUT2D eigenvalue weighted by molar-refractivity contribution is 4.69. The third-order valence-electron chi connectivity index (χ3n) is 4.60. The molecule has 0 aliphatic rings. The molecule has 0 saturated carbocycles. The standard InChI is InChI=1S/C20H43N5/c1-18(2)23-12-10-16-25(20(5)6)14-8-7-13-24(19(3)4)15-9-11-22-17-21/h18-20,22-23H,7-16H2,1-6H3. The SMILES string of the molecule is CC(C)NCCCN(CCCCN(CCCNC#N)C(C)C)C(C)C. The summed E-state index contributed by atoms with van der Waals surface area (Å²) in [6.07, 6.45) is 6.76. The van der Waals surface area contributed by atoms with Crippen LogP contribution in [0.25, 0.3) is 0 Å². The molecule has 5 nitrogen and oxygen atoms in total. The third kappa shape index (κ3) is 14.1. The van der Waals surface area contributed by atoms with E-state index >= 15 is 0 Å². The van der Waals surface area contributed by atoms with Crippen LogP contribution in [0.1, 0.15) is 67.2 Å². The number of rotatable bonds is 16. The summed E-state index contributed by atoms with van der Waals surface area (Å²) in [5.74, 6) is 0. The van der Waals surface area contributed by atoms with Gasteiger partial charge in [0.15, 0.2) is 6.19 Å². The van der Waals surface area contributed by atoms with E-state index in [1.54, 1.807) is 0 Å². The number of unbranched alkanes of at least 4 members (excludes halogenated alkanes) is 1. The van der Waals surface area contributed by atoms with Crippen molar-refractivity contribution >= 4 is 0 Å². The lowest BCUT2D eigenvalue weighted by molar-refractivity contribution is 0.190. The molecule has 0 atom stereocenters. The largest absolute Gasteiger partial charge is 0.324 e. The second kappa shape index (κ2) is 15.4. The van der Waals surface area contributed by atoms with E-state index in [4.69, 9.17) is 5.26 Å². The molecule has 0 bridgehead atoms. The molecule has 148 valence electrons. The van der Waals surface area contributed by atoms with E-state index in [0.717, 1.165) is 32.6 Å². The lowest BCUT2D eigenvalue weighted by Crippen LogP contribution is -2.36. The summed E-state index contributed by atoms with van der Waals surface area (Å²) in [5, 5.41) is 14.8. The third-order valence-corrected chi connectivity index (χ3v) is 4.60. The number of nitrogens with one attached hydrogen (secondary N) is 2. The Labute approximate surface area is 157 Å². The lowest BCUT2D eigenvalue weighted by atomic mass is 10.2. The Morgan fingerprint density at radius 1 is 0.720 bits per heavy atom. The minimum atomic E-state index is 0.574. The molecule has 0 aromatic heterocycles. The summed E-state index contributed by atoms with van der Waals surface area (Å²) in [4.78, 5) is 5.14. The summed E-state index contributed by atoms with van der Waals surface area (Å²) in [6.45, 7) is 20.0. The van der Waals surface area contributed by atoms with Gasteiger partial charge in [-0.3, -0.25) is 0 Å². The first kappa shape index (κ1) is 24.2. The molecule has 0 saturated heterocycles. The lowest BCUT2D eigenvalue weighted by Gasteiger charge is -2.29. The van der Waals surface area contributed by atoms with Gasteiger partial charge < -0.3 is 20.4 Å². The fraction of sp³-hybridized carbons (Fsp3) is 0.950. The monoisotopic (exact) mass is 353 g/mol. The molecule has 0 aliphatic carbocycles. The Bertz CT molecular complexity index is 335. The van der Waals surface area contributed by atoms with Crippen LogP contribution in [0.15, 0.2) is 0 Å². The number of nitriles is 1. The van der Waals surface area contributed by atoms with E-state index in [9.17, 15) is 0 Å². The van der Waals surface area contributed by atoms with E-state index in [1.807, 2.05) is 6.19 Å². The van der Waals surface area contributed by atoms with Crippen LogP contribution in [-0.4, -0.2) is 67.2 Å². The average Bonchev–Trinajstić information content (AvgIpc) is 2.54. The second-order valence-electron chi connectivity index (χ2n) is 7.82. The predicted molar refractivity (Wildman–Crippen MR) is 109 cm³/mol. The number of hydrogen-bond donors (Lipinski definition) is 2. The van der Waals surface area contributed by atoms with E-state index in [1.165, 1.54) is 32.4 Å². The van der Waals surface area contributed by atoms with Crippen LogP contribution in [0.4, 0.5) is 0 Å². The highest BCUT2D eigenvalue weighted by atomic mass is 15.2. The van der Waals surface area contributed by atoms with Crippen LogP contribution < -0.4 is 10.6 Å². The van der Waals surface area contributed by atoms with Crippen molar-refractivity contribution in [2.24, 2.45) is 0 Å². The van der Waals surface area contributed by atoms with Crippen molar-refractivity contribution in [3.8, 4) is 6.19 Å². The van der Waals surface area contributed by atoms with Gasteiger partial charge in [-0.25, -0.2) is 0 Å². The molecule has 0 amide bonds. The van der Waals surface area contributed by atoms with Crippen molar-refractivity contribution < 1.29 is 0 Å². The smallest absolute Gasteiger partial charge is 0.176 e. The molecule has 0 unspecified atom stereocenters. The van der Waals surface area contributed by atoms with Crippen molar-refractivity contribution in [3.05, 3.63) is 0 Å². The highest BCUT2D eigenvalue weighted by Gasteiger charge is 2.11. The van der Waals surface area contributed by atoms with Gasteiger partial charge in [-0.15, -0.1) is 0 Å². The van der Waals surface area contributed by atoms with Crippen LogP contribution in [0.3, 0.4) is 0 Å². The highest BCUT2D eigenvalue weighted by Crippen LogP contribution is 2.06. The van der Waals surface area contributed by atoms with Crippen molar-refractivity contribution in [3.63, 3.8) is 0 Å². The normalized spacial score (nSPS) is 11.9. The molecule has 0 fully saturated rings. The van der Waals surface area contributed by atoms with Gasteiger partial charge >= 0.3 is 0 Å². The van der Waals surface area contributed by atoms with Crippen molar-refractivity contribution in [1.29, 1.82) is 5.26 Å². The van der Waals surface area contributed by atoms with Crippen molar-refractivity contribution in [2.45, 2.75) is 85.4 Å². The first-order valence-electron chi connectivity index (χ1n) is 10.2. The fourth-order valence-corrected chi connectivity index (χ4v) is 2.99. The van der Waals surface area contributed by atoms with Gasteiger partial charge in [-0.1, -0.05) is 13.8 Å². The van der Waals surface area contributed by atoms with Crippen molar-refractivity contribution in [1.82, 2.24) is 20.4 Å². The van der Waals surface area contributed by atoms with Gasteiger partial charge in [0.2, 0.25) is 0 Å². The molecule has 0 aromatic carbocycles. The number of nitrogens with zero attached hydrogens (tertiary/aromatic N) is 3. The van der Waals surface area contributed by atoms with Crippen LogP contribution in [-0.2, 0) is 0 Å². The van der Waals surface area contributed by atoms with Gasteiger partial charge in [0, 0.05) is 31.2 Å². The molecule has 25 heavy (non-hydrogen) atoms. The Hall–Kier alpha value is -0.830. The fourth-order valence-electron chi connectivity index (χ4n) is 2.99. The first-order valence-corrected chi connectivity index (χ1v) is 10.2. The molecule has 0 heterocycles. The van der Waals surface area contributed by atoms with E-state index in [-0.39, 0.29) is 0 Å². The van der Waals surface area contributed by atoms with Gasteiger partial charge in [-0.2, -0.15) is 5.26 Å². The van der Waals surface area contributed by atoms with Gasteiger partial charge in [0.25, 0.3) is 0 Å². The molecule has 0 aliphatic heterocycles. The molecular formula is C20H43N5. The molecule has 5 heteroatoms. The first-order chi connectivity index (χ1) is 11.9. The molecule has 0 rings (SSSR count). The molecule has 0 aromatic rings. The van der Waals surface area contributed by atoms with Gasteiger partial charge in [0.1, 0.15) is 0 Å².